The van der Waals surface area contributed by atoms with Crippen LogP contribution in [-0.4, -0.2) is 0 Å². The van der Waals surface area contributed by atoms with Crippen LogP contribution in [0, 0.1) is 47.3 Å². The molecule has 4 saturated carbocycles. The van der Waals surface area contributed by atoms with Gasteiger partial charge in [-0.1, -0.05) is 58.4 Å². The minimum absolute atomic E-state index is 1.01. The number of rotatable bonds is 0. The average Bonchev–Trinajstić information content (AvgIpc) is 3.48. The lowest BCUT2D eigenvalue weighted by Crippen LogP contribution is -2.16. The van der Waals surface area contributed by atoms with Gasteiger partial charge >= 0.3 is 0 Å². The molecule has 6 rings (SSSR count). The number of hydrogen-bond donors (Lipinski definition) is 0. The van der Waals surface area contributed by atoms with Crippen LogP contribution in [0.1, 0.15) is 79.1 Å². The minimum atomic E-state index is 1.01. The van der Waals surface area contributed by atoms with Crippen LogP contribution in [0.5, 0.6) is 0 Å². The first-order valence-corrected chi connectivity index (χ1v) is 11.2. The third-order valence-electron chi connectivity index (χ3n) is 7.80. The van der Waals surface area contributed by atoms with Gasteiger partial charge < -0.3 is 0 Å². The third-order valence-corrected chi connectivity index (χ3v) is 7.80. The maximum absolute atomic E-state index is 2.49. The van der Waals surface area contributed by atoms with E-state index in [4.69, 9.17) is 0 Å². The van der Waals surface area contributed by atoms with Crippen LogP contribution in [0.15, 0.2) is 24.3 Å². The smallest absolute Gasteiger partial charge is 0.0171 e. The molecular formula is C24H40. The minimum Gasteiger partial charge on any atom is -0.0879 e. The zero-order valence-electron chi connectivity index (χ0n) is 16.6. The van der Waals surface area contributed by atoms with E-state index in [1.54, 1.807) is 12.8 Å². The molecule has 6 aliphatic carbocycles. The average molecular weight is 329 g/mol. The van der Waals surface area contributed by atoms with Crippen molar-refractivity contribution < 1.29 is 0 Å². The van der Waals surface area contributed by atoms with Gasteiger partial charge in [0, 0.05) is 0 Å². The Kier molecular flexibility index (Phi) is 6.27. The highest BCUT2D eigenvalue weighted by molar-refractivity contribution is 5.15. The quantitative estimate of drug-likeness (QED) is 0.410. The van der Waals surface area contributed by atoms with Gasteiger partial charge in [0.15, 0.2) is 0 Å². The van der Waals surface area contributed by atoms with Gasteiger partial charge in [-0.05, 0) is 92.3 Å². The molecule has 0 spiro atoms. The molecule has 0 amide bonds. The lowest BCUT2D eigenvalue weighted by Gasteiger charge is -2.23. The second-order valence-corrected chi connectivity index (χ2v) is 8.45. The van der Waals surface area contributed by atoms with Crippen molar-refractivity contribution in [2.75, 3.05) is 0 Å². The van der Waals surface area contributed by atoms with Gasteiger partial charge in [-0.2, -0.15) is 0 Å². The Morgan fingerprint density at radius 1 is 0.625 bits per heavy atom. The molecule has 0 aromatic rings. The molecule has 8 atom stereocenters. The highest BCUT2D eigenvalue weighted by Gasteiger charge is 2.47. The summed E-state index contributed by atoms with van der Waals surface area (Å²) in [7, 11) is 0. The van der Waals surface area contributed by atoms with Crippen LogP contribution in [-0.2, 0) is 0 Å². The zero-order chi connectivity index (χ0) is 17.1. The summed E-state index contributed by atoms with van der Waals surface area (Å²) in [5.41, 5.74) is 0. The van der Waals surface area contributed by atoms with Gasteiger partial charge in [-0.25, -0.2) is 0 Å². The van der Waals surface area contributed by atoms with Gasteiger partial charge in [-0.15, -0.1) is 0 Å². The summed E-state index contributed by atoms with van der Waals surface area (Å²) >= 11 is 0. The standard InChI is InChI=1S/2C10H14.2C2H6/c2*1-2-9-7-4-5-8(6-7)10(9)3-1;2*1-2/h4-5,7-10H,1-3,6H2;1-2,7-10H,3-6H2;2*1-2H3. The summed E-state index contributed by atoms with van der Waals surface area (Å²) < 4.78 is 0. The molecule has 4 bridgehead atoms. The monoisotopic (exact) mass is 328 g/mol. The molecule has 0 heteroatoms. The molecule has 136 valence electrons. The van der Waals surface area contributed by atoms with E-state index in [2.05, 4.69) is 24.3 Å². The molecule has 0 N–H and O–H groups in total. The predicted octanol–water partition coefficient (Wildman–Crippen LogP) is 7.27. The lowest BCUT2D eigenvalue weighted by molar-refractivity contribution is 0.285. The van der Waals surface area contributed by atoms with E-state index in [1.165, 1.54) is 38.5 Å². The van der Waals surface area contributed by atoms with Gasteiger partial charge in [0.2, 0.25) is 0 Å². The lowest BCUT2D eigenvalue weighted by atomic mass is 9.82. The third kappa shape index (κ3) is 3.15. The van der Waals surface area contributed by atoms with Gasteiger partial charge in [0.1, 0.15) is 0 Å². The van der Waals surface area contributed by atoms with Crippen molar-refractivity contribution in [1.82, 2.24) is 0 Å². The molecule has 0 radical (unpaired) electrons. The van der Waals surface area contributed by atoms with Crippen molar-refractivity contribution in [3.8, 4) is 0 Å². The zero-order valence-corrected chi connectivity index (χ0v) is 16.6. The maximum Gasteiger partial charge on any atom is -0.0171 e. The van der Waals surface area contributed by atoms with E-state index in [0.717, 1.165) is 47.3 Å². The fourth-order valence-electron chi connectivity index (χ4n) is 6.97. The first kappa shape index (κ1) is 18.3. The number of hydrogen-bond acceptors (Lipinski definition) is 0. The predicted molar refractivity (Wildman–Crippen MR) is 106 cm³/mol. The SMILES string of the molecule is C1=CC2C3CCC(C3)C2C1.C1=CC2CC1C1CCCC21.CC.CC. The molecule has 0 saturated heterocycles. The van der Waals surface area contributed by atoms with Gasteiger partial charge in [0.05, 0.1) is 0 Å². The van der Waals surface area contributed by atoms with Crippen LogP contribution in [0.4, 0.5) is 0 Å². The molecule has 6 aliphatic rings. The Morgan fingerprint density at radius 3 is 1.88 bits per heavy atom. The summed E-state index contributed by atoms with van der Waals surface area (Å²) in [5, 5.41) is 0. The molecule has 24 heavy (non-hydrogen) atoms. The van der Waals surface area contributed by atoms with E-state index >= 15 is 0 Å². The summed E-state index contributed by atoms with van der Waals surface area (Å²) in [5.74, 6) is 8.62. The Bertz CT molecular complexity index is 427. The molecule has 4 fully saturated rings. The van der Waals surface area contributed by atoms with Crippen LogP contribution in [0.3, 0.4) is 0 Å². The van der Waals surface area contributed by atoms with Crippen LogP contribution < -0.4 is 0 Å². The van der Waals surface area contributed by atoms with E-state index in [1.807, 2.05) is 27.7 Å². The summed E-state index contributed by atoms with van der Waals surface area (Å²) in [6.07, 6.45) is 22.0. The second kappa shape index (κ2) is 8.24. The first-order chi connectivity index (χ1) is 11.9. The summed E-state index contributed by atoms with van der Waals surface area (Å²) in [6, 6.07) is 0. The highest BCUT2D eigenvalue weighted by Crippen LogP contribution is 2.56. The molecule has 0 aromatic carbocycles. The molecule has 8 unspecified atom stereocenters. The van der Waals surface area contributed by atoms with Gasteiger partial charge in [-0.3, -0.25) is 0 Å². The van der Waals surface area contributed by atoms with Crippen molar-refractivity contribution in [2.24, 2.45) is 47.3 Å². The first-order valence-electron chi connectivity index (χ1n) is 11.2. The van der Waals surface area contributed by atoms with Crippen LogP contribution in [0.2, 0.25) is 0 Å². The fourth-order valence-corrected chi connectivity index (χ4v) is 6.97. The number of allylic oxidation sites excluding steroid dienone is 4. The maximum atomic E-state index is 2.49. The normalized spacial score (nSPS) is 47.2. The van der Waals surface area contributed by atoms with Crippen molar-refractivity contribution in [2.45, 2.75) is 79.1 Å². The summed E-state index contributed by atoms with van der Waals surface area (Å²) in [6.45, 7) is 8.00. The molecule has 0 aliphatic heterocycles. The number of fused-ring (bicyclic) bond motifs is 10. The largest absolute Gasteiger partial charge is 0.0879 e. The van der Waals surface area contributed by atoms with E-state index in [-0.39, 0.29) is 0 Å². The van der Waals surface area contributed by atoms with Crippen molar-refractivity contribution in [1.29, 1.82) is 0 Å². The Hall–Kier alpha value is -0.520. The fraction of sp³-hybridized carbons (Fsp3) is 0.833. The van der Waals surface area contributed by atoms with Gasteiger partial charge in [0.25, 0.3) is 0 Å². The van der Waals surface area contributed by atoms with Crippen molar-refractivity contribution >= 4 is 0 Å². The van der Waals surface area contributed by atoms with Crippen molar-refractivity contribution in [3.63, 3.8) is 0 Å². The Labute approximate surface area is 151 Å². The molecule has 0 aromatic heterocycles. The summed E-state index contributed by atoms with van der Waals surface area (Å²) in [4.78, 5) is 0. The second-order valence-electron chi connectivity index (χ2n) is 8.45. The topological polar surface area (TPSA) is 0 Å². The molecular weight excluding hydrogens is 288 g/mol. The van der Waals surface area contributed by atoms with Crippen LogP contribution >= 0.6 is 0 Å². The van der Waals surface area contributed by atoms with Crippen LogP contribution in [0.25, 0.3) is 0 Å². The highest BCUT2D eigenvalue weighted by atomic mass is 14.5. The Balaban J connectivity index is 0.000000117. The van der Waals surface area contributed by atoms with E-state index < -0.39 is 0 Å². The van der Waals surface area contributed by atoms with E-state index in [0.29, 0.717) is 0 Å². The van der Waals surface area contributed by atoms with Crippen molar-refractivity contribution in [3.05, 3.63) is 24.3 Å². The molecule has 0 heterocycles. The molecule has 0 nitrogen and oxygen atoms in total. The Morgan fingerprint density at radius 2 is 1.25 bits per heavy atom. The van der Waals surface area contributed by atoms with E-state index in [9.17, 15) is 0 Å².